The molecule has 1 N–H and O–H groups in total. The lowest BCUT2D eigenvalue weighted by atomic mass is 10.1. The topological polar surface area (TPSA) is 45.2 Å². The predicted molar refractivity (Wildman–Crippen MR) is 77.4 cm³/mol. The third-order valence-electron chi connectivity index (χ3n) is 3.58. The fourth-order valence-corrected chi connectivity index (χ4v) is 2.20. The number of nitrogens with zero attached hydrogens (tertiary/aromatic N) is 2. The molecule has 104 valence electrons. The number of nitrogens with one attached hydrogen (secondary N) is 1. The molecule has 1 amide bonds. The van der Waals surface area contributed by atoms with Crippen molar-refractivity contribution in [3.8, 4) is 0 Å². The van der Waals surface area contributed by atoms with Gasteiger partial charge in [0.2, 0.25) is 0 Å². The summed E-state index contributed by atoms with van der Waals surface area (Å²) >= 11 is 0. The number of aromatic nitrogens is 1. The number of aryl methyl sites for hydroxylation is 1. The first kappa shape index (κ1) is 13.8. The van der Waals surface area contributed by atoms with Crippen LogP contribution in [0.5, 0.6) is 0 Å². The number of hydrogen-bond acceptors (Lipinski definition) is 3. The van der Waals surface area contributed by atoms with Crippen molar-refractivity contribution in [3.63, 3.8) is 0 Å². The summed E-state index contributed by atoms with van der Waals surface area (Å²) in [4.78, 5) is 18.9. The molecule has 0 unspecified atom stereocenters. The van der Waals surface area contributed by atoms with Gasteiger partial charge in [0, 0.05) is 31.5 Å². The largest absolute Gasteiger partial charge is 0.387 e. The molecule has 1 heterocycles. The van der Waals surface area contributed by atoms with Gasteiger partial charge in [-0.2, -0.15) is 0 Å². The molecule has 1 aliphatic rings. The molecular formula is C15H23N3O. The maximum absolute atomic E-state index is 12.7. The molecule has 1 aliphatic carbocycles. The number of rotatable bonds is 5. The Morgan fingerprint density at radius 3 is 2.74 bits per heavy atom. The van der Waals surface area contributed by atoms with E-state index < -0.39 is 0 Å². The first-order chi connectivity index (χ1) is 9.02. The van der Waals surface area contributed by atoms with Crippen molar-refractivity contribution in [1.29, 1.82) is 0 Å². The standard InChI is InChI=1S/C15H23N3O/c1-10(2)18(9-12-5-6-12)15(19)13-8-17-11(3)7-14(13)16-4/h7-8,10,12H,5-6,9H2,1-4H3,(H,16,17). The van der Waals surface area contributed by atoms with Gasteiger partial charge in [0.15, 0.2) is 0 Å². The first-order valence-electron chi connectivity index (χ1n) is 6.98. The van der Waals surface area contributed by atoms with Gasteiger partial charge in [-0.3, -0.25) is 9.78 Å². The maximum Gasteiger partial charge on any atom is 0.257 e. The van der Waals surface area contributed by atoms with E-state index in [-0.39, 0.29) is 11.9 Å². The van der Waals surface area contributed by atoms with Crippen LogP contribution in [0.15, 0.2) is 12.3 Å². The Balaban J connectivity index is 2.24. The lowest BCUT2D eigenvalue weighted by Gasteiger charge is -2.27. The Labute approximate surface area is 115 Å². The second-order valence-corrected chi connectivity index (χ2v) is 5.62. The third-order valence-corrected chi connectivity index (χ3v) is 3.58. The molecule has 0 aliphatic heterocycles. The van der Waals surface area contributed by atoms with Gasteiger partial charge in [-0.05, 0) is 45.6 Å². The monoisotopic (exact) mass is 261 g/mol. The molecular weight excluding hydrogens is 238 g/mol. The molecule has 4 nitrogen and oxygen atoms in total. The number of hydrogen-bond donors (Lipinski definition) is 1. The molecule has 1 fully saturated rings. The second-order valence-electron chi connectivity index (χ2n) is 5.62. The van der Waals surface area contributed by atoms with E-state index in [1.54, 1.807) is 6.20 Å². The zero-order valence-corrected chi connectivity index (χ0v) is 12.2. The molecule has 4 heteroatoms. The van der Waals surface area contributed by atoms with Gasteiger partial charge in [-0.15, -0.1) is 0 Å². The minimum absolute atomic E-state index is 0.0822. The van der Waals surface area contributed by atoms with E-state index in [4.69, 9.17) is 0 Å². The Hall–Kier alpha value is -1.58. The first-order valence-corrected chi connectivity index (χ1v) is 6.98. The molecule has 0 spiro atoms. The van der Waals surface area contributed by atoms with Gasteiger partial charge in [0.25, 0.3) is 5.91 Å². The summed E-state index contributed by atoms with van der Waals surface area (Å²) in [5.41, 5.74) is 2.44. The molecule has 0 saturated heterocycles. The van der Waals surface area contributed by atoms with Crippen LogP contribution < -0.4 is 5.32 Å². The number of anilines is 1. The normalized spacial score (nSPS) is 14.6. The molecule has 0 aromatic carbocycles. The minimum atomic E-state index is 0.0822. The summed E-state index contributed by atoms with van der Waals surface area (Å²) in [7, 11) is 1.84. The summed E-state index contributed by atoms with van der Waals surface area (Å²) in [5.74, 6) is 0.779. The van der Waals surface area contributed by atoms with Crippen LogP contribution in [-0.4, -0.2) is 35.4 Å². The maximum atomic E-state index is 12.7. The van der Waals surface area contributed by atoms with Crippen LogP contribution in [0, 0.1) is 12.8 Å². The van der Waals surface area contributed by atoms with Gasteiger partial charge >= 0.3 is 0 Å². The fraction of sp³-hybridized carbons (Fsp3) is 0.600. The number of amides is 1. The quantitative estimate of drug-likeness (QED) is 0.886. The van der Waals surface area contributed by atoms with Gasteiger partial charge in [-0.1, -0.05) is 0 Å². The summed E-state index contributed by atoms with van der Waals surface area (Å²) < 4.78 is 0. The minimum Gasteiger partial charge on any atom is -0.387 e. The highest BCUT2D eigenvalue weighted by Gasteiger charge is 2.29. The van der Waals surface area contributed by atoms with Crippen LogP contribution in [0.3, 0.4) is 0 Å². The molecule has 0 atom stereocenters. The highest BCUT2D eigenvalue weighted by molar-refractivity contribution is 5.99. The zero-order valence-electron chi connectivity index (χ0n) is 12.2. The van der Waals surface area contributed by atoms with Gasteiger partial charge in [-0.25, -0.2) is 0 Å². The number of carbonyl (C=O) groups excluding carboxylic acids is 1. The summed E-state index contributed by atoms with van der Waals surface area (Å²) in [6, 6.07) is 2.14. The van der Waals surface area contributed by atoms with Crippen LogP contribution in [0.2, 0.25) is 0 Å². The third kappa shape index (κ3) is 3.25. The van der Waals surface area contributed by atoms with Crippen molar-refractivity contribution >= 4 is 11.6 Å². The zero-order chi connectivity index (χ0) is 14.0. The summed E-state index contributed by atoms with van der Waals surface area (Å²) in [6.07, 6.45) is 4.19. The van der Waals surface area contributed by atoms with E-state index in [0.717, 1.165) is 17.9 Å². The predicted octanol–water partition coefficient (Wildman–Crippen LogP) is 2.69. The van der Waals surface area contributed by atoms with E-state index in [0.29, 0.717) is 11.5 Å². The van der Waals surface area contributed by atoms with E-state index in [1.807, 2.05) is 24.9 Å². The van der Waals surface area contributed by atoms with Gasteiger partial charge in [0.1, 0.15) is 0 Å². The van der Waals surface area contributed by atoms with Crippen LogP contribution in [-0.2, 0) is 0 Å². The SMILES string of the molecule is CNc1cc(C)ncc1C(=O)N(CC1CC1)C(C)C. The Morgan fingerprint density at radius 2 is 2.21 bits per heavy atom. The Bertz CT molecular complexity index is 466. The Morgan fingerprint density at radius 1 is 1.53 bits per heavy atom. The van der Waals surface area contributed by atoms with Crippen LogP contribution >= 0.6 is 0 Å². The summed E-state index contributed by atoms with van der Waals surface area (Å²) in [6.45, 7) is 6.94. The van der Waals surface area contributed by atoms with Crippen LogP contribution in [0.4, 0.5) is 5.69 Å². The lowest BCUT2D eigenvalue weighted by molar-refractivity contribution is 0.0697. The number of pyridine rings is 1. The van der Waals surface area contributed by atoms with Gasteiger partial charge in [0.05, 0.1) is 11.3 Å². The molecule has 1 aromatic heterocycles. The van der Waals surface area contributed by atoms with E-state index in [9.17, 15) is 4.79 Å². The molecule has 2 rings (SSSR count). The van der Waals surface area contributed by atoms with E-state index >= 15 is 0 Å². The highest BCUT2D eigenvalue weighted by Crippen LogP contribution is 2.31. The van der Waals surface area contributed by atoms with Crippen LogP contribution in [0.25, 0.3) is 0 Å². The summed E-state index contributed by atoms with van der Waals surface area (Å²) in [5, 5.41) is 3.09. The number of carbonyl (C=O) groups is 1. The molecule has 0 bridgehead atoms. The fourth-order valence-electron chi connectivity index (χ4n) is 2.20. The molecule has 0 radical (unpaired) electrons. The second kappa shape index (κ2) is 5.59. The van der Waals surface area contributed by atoms with Gasteiger partial charge < -0.3 is 10.2 Å². The van der Waals surface area contributed by atoms with E-state index in [2.05, 4.69) is 24.1 Å². The average molecular weight is 261 g/mol. The van der Waals surface area contributed by atoms with E-state index in [1.165, 1.54) is 12.8 Å². The van der Waals surface area contributed by atoms with Crippen molar-refractivity contribution in [2.45, 2.75) is 39.7 Å². The van der Waals surface area contributed by atoms with Crippen molar-refractivity contribution in [3.05, 3.63) is 23.5 Å². The van der Waals surface area contributed by atoms with Crippen LogP contribution in [0.1, 0.15) is 42.7 Å². The van der Waals surface area contributed by atoms with Crippen molar-refractivity contribution in [1.82, 2.24) is 9.88 Å². The van der Waals surface area contributed by atoms with Crippen molar-refractivity contribution in [2.24, 2.45) is 5.92 Å². The van der Waals surface area contributed by atoms with Crippen molar-refractivity contribution < 1.29 is 4.79 Å². The molecule has 1 saturated carbocycles. The lowest BCUT2D eigenvalue weighted by Crippen LogP contribution is -2.38. The smallest absolute Gasteiger partial charge is 0.257 e. The molecule has 1 aromatic rings. The Kier molecular flexibility index (Phi) is 4.08. The van der Waals surface area contributed by atoms with Crippen molar-refractivity contribution in [2.75, 3.05) is 18.9 Å². The highest BCUT2D eigenvalue weighted by atomic mass is 16.2. The molecule has 19 heavy (non-hydrogen) atoms. The average Bonchev–Trinajstić information content (AvgIpc) is 3.18.